The average molecular weight is 318 g/mol. The predicted molar refractivity (Wildman–Crippen MR) is 81.3 cm³/mol. The number of primary amides is 1. The maximum Gasteiger partial charge on any atom is 0.235 e. The zero-order valence-electron chi connectivity index (χ0n) is 10.8. The van der Waals surface area contributed by atoms with Crippen LogP contribution in [0.4, 0.5) is 0 Å². The van der Waals surface area contributed by atoms with Gasteiger partial charge in [0.15, 0.2) is 0 Å². The first-order valence-electron chi connectivity index (χ1n) is 6.14. The number of aryl methyl sites for hydroxylation is 1. The minimum absolute atomic E-state index is 0.363. The lowest BCUT2D eigenvalue weighted by Gasteiger charge is -2.14. The Morgan fingerprint density at radius 3 is 2.53 bits per heavy atom. The molecule has 0 spiro atoms. The molecular weight excluding hydrogens is 302 g/mol. The third-order valence-corrected chi connectivity index (χ3v) is 4.00. The standard InChI is InChI=1S/C16H16BrNO/c1-11-7-8-14(15(17)16(18)19)13(9-11)10-12-5-3-2-4-6-12/h2-9,15H,10H2,1H3,(H2,18,19). The number of hydrogen-bond acceptors (Lipinski definition) is 1. The van der Waals surface area contributed by atoms with Crippen LogP contribution >= 0.6 is 15.9 Å². The van der Waals surface area contributed by atoms with Crippen LogP contribution in [0, 0.1) is 6.92 Å². The van der Waals surface area contributed by atoms with Gasteiger partial charge in [-0.2, -0.15) is 0 Å². The lowest BCUT2D eigenvalue weighted by atomic mass is 9.96. The highest BCUT2D eigenvalue weighted by Crippen LogP contribution is 2.28. The van der Waals surface area contributed by atoms with Crippen molar-refractivity contribution >= 4 is 21.8 Å². The van der Waals surface area contributed by atoms with E-state index in [4.69, 9.17) is 5.73 Å². The zero-order chi connectivity index (χ0) is 13.8. The summed E-state index contributed by atoms with van der Waals surface area (Å²) in [4.78, 5) is 10.9. The molecule has 2 aromatic rings. The fourth-order valence-corrected chi connectivity index (χ4v) is 2.55. The number of benzene rings is 2. The Hall–Kier alpha value is -1.61. The molecule has 0 bridgehead atoms. The molecule has 98 valence electrons. The van der Waals surface area contributed by atoms with E-state index in [1.807, 2.05) is 37.3 Å². The molecular formula is C16H16BrNO. The van der Waals surface area contributed by atoms with Gasteiger partial charge in [-0.3, -0.25) is 4.79 Å². The Labute approximate surface area is 121 Å². The van der Waals surface area contributed by atoms with Gasteiger partial charge in [0.25, 0.3) is 0 Å². The van der Waals surface area contributed by atoms with Gasteiger partial charge in [-0.05, 0) is 30.0 Å². The fraction of sp³-hybridized carbons (Fsp3) is 0.188. The molecule has 2 rings (SSSR count). The number of rotatable bonds is 4. The third kappa shape index (κ3) is 3.44. The number of hydrogen-bond donors (Lipinski definition) is 1. The SMILES string of the molecule is Cc1ccc(C(Br)C(N)=O)c(Cc2ccccc2)c1. The van der Waals surface area contributed by atoms with E-state index in [0.717, 1.165) is 17.5 Å². The smallest absolute Gasteiger partial charge is 0.235 e. The molecule has 0 saturated heterocycles. The largest absolute Gasteiger partial charge is 0.368 e. The molecule has 0 radical (unpaired) electrons. The van der Waals surface area contributed by atoms with Gasteiger partial charge in [0.1, 0.15) is 4.83 Å². The van der Waals surface area contributed by atoms with E-state index >= 15 is 0 Å². The van der Waals surface area contributed by atoms with Crippen molar-refractivity contribution < 1.29 is 4.79 Å². The predicted octanol–water partition coefficient (Wildman–Crippen LogP) is 3.51. The molecule has 2 aromatic carbocycles. The summed E-state index contributed by atoms with van der Waals surface area (Å²) in [6.45, 7) is 2.05. The van der Waals surface area contributed by atoms with Crippen molar-refractivity contribution in [2.45, 2.75) is 18.2 Å². The normalized spacial score (nSPS) is 12.1. The molecule has 0 aliphatic carbocycles. The van der Waals surface area contributed by atoms with Crippen LogP contribution in [0.25, 0.3) is 0 Å². The molecule has 1 unspecified atom stereocenters. The van der Waals surface area contributed by atoms with Crippen LogP contribution in [-0.4, -0.2) is 5.91 Å². The van der Waals surface area contributed by atoms with E-state index in [0.29, 0.717) is 0 Å². The van der Waals surface area contributed by atoms with Crippen LogP contribution in [0.2, 0.25) is 0 Å². The van der Waals surface area contributed by atoms with Gasteiger partial charge in [0.2, 0.25) is 5.91 Å². The fourth-order valence-electron chi connectivity index (χ4n) is 2.10. The minimum Gasteiger partial charge on any atom is -0.368 e. The van der Waals surface area contributed by atoms with E-state index in [1.54, 1.807) is 0 Å². The van der Waals surface area contributed by atoms with Crippen molar-refractivity contribution in [1.82, 2.24) is 0 Å². The molecule has 0 fully saturated rings. The van der Waals surface area contributed by atoms with Crippen LogP contribution in [0.15, 0.2) is 48.5 Å². The van der Waals surface area contributed by atoms with Gasteiger partial charge in [0.05, 0.1) is 0 Å². The molecule has 0 aliphatic rings. The van der Waals surface area contributed by atoms with E-state index < -0.39 is 4.83 Å². The average Bonchev–Trinajstić information content (AvgIpc) is 2.39. The van der Waals surface area contributed by atoms with Crippen molar-refractivity contribution in [3.8, 4) is 0 Å². The van der Waals surface area contributed by atoms with Gasteiger partial charge in [-0.1, -0.05) is 70.0 Å². The minimum atomic E-state index is -0.438. The van der Waals surface area contributed by atoms with Crippen LogP contribution in [-0.2, 0) is 11.2 Å². The molecule has 2 nitrogen and oxygen atoms in total. The number of carbonyl (C=O) groups is 1. The summed E-state index contributed by atoms with van der Waals surface area (Å²) in [7, 11) is 0. The first-order valence-corrected chi connectivity index (χ1v) is 7.06. The molecule has 1 amide bonds. The highest BCUT2D eigenvalue weighted by Gasteiger charge is 2.17. The second-order valence-corrected chi connectivity index (χ2v) is 5.55. The monoisotopic (exact) mass is 317 g/mol. The molecule has 3 heteroatoms. The van der Waals surface area contributed by atoms with Crippen LogP contribution in [0.1, 0.15) is 27.1 Å². The number of carbonyl (C=O) groups excluding carboxylic acids is 1. The van der Waals surface area contributed by atoms with Crippen molar-refractivity contribution in [3.63, 3.8) is 0 Å². The summed E-state index contributed by atoms with van der Waals surface area (Å²) in [6.07, 6.45) is 0.799. The highest BCUT2D eigenvalue weighted by molar-refractivity contribution is 9.09. The molecule has 0 saturated carbocycles. The summed E-state index contributed by atoms with van der Waals surface area (Å²) in [5, 5.41) is 0. The van der Waals surface area contributed by atoms with E-state index in [1.165, 1.54) is 11.1 Å². The van der Waals surface area contributed by atoms with E-state index in [2.05, 4.69) is 34.1 Å². The second kappa shape index (κ2) is 6.02. The summed E-state index contributed by atoms with van der Waals surface area (Å²) >= 11 is 3.36. The van der Waals surface area contributed by atoms with Gasteiger partial charge in [0, 0.05) is 0 Å². The maximum absolute atomic E-state index is 11.4. The summed E-state index contributed by atoms with van der Waals surface area (Å²) in [5.74, 6) is -0.363. The Morgan fingerprint density at radius 1 is 1.21 bits per heavy atom. The highest BCUT2D eigenvalue weighted by atomic mass is 79.9. The Bertz CT molecular complexity index is 581. The second-order valence-electron chi connectivity index (χ2n) is 4.63. The first-order chi connectivity index (χ1) is 9.08. The Kier molecular flexibility index (Phi) is 4.38. The molecule has 0 aromatic heterocycles. The molecule has 1 atom stereocenters. The van der Waals surface area contributed by atoms with E-state index in [9.17, 15) is 4.79 Å². The van der Waals surface area contributed by atoms with Crippen molar-refractivity contribution in [2.24, 2.45) is 5.73 Å². The molecule has 19 heavy (non-hydrogen) atoms. The summed E-state index contributed by atoms with van der Waals surface area (Å²) < 4.78 is 0. The van der Waals surface area contributed by atoms with Crippen LogP contribution in [0.3, 0.4) is 0 Å². The van der Waals surface area contributed by atoms with E-state index in [-0.39, 0.29) is 5.91 Å². The number of nitrogens with two attached hydrogens (primary N) is 1. The van der Waals surface area contributed by atoms with Crippen LogP contribution in [0.5, 0.6) is 0 Å². The Morgan fingerprint density at radius 2 is 1.89 bits per heavy atom. The molecule has 0 heterocycles. The Balaban J connectivity index is 2.38. The molecule has 0 aliphatic heterocycles. The maximum atomic E-state index is 11.4. The summed E-state index contributed by atoms with van der Waals surface area (Å²) in [5.41, 5.74) is 9.86. The van der Waals surface area contributed by atoms with Gasteiger partial charge in [-0.25, -0.2) is 0 Å². The zero-order valence-corrected chi connectivity index (χ0v) is 12.4. The number of alkyl halides is 1. The van der Waals surface area contributed by atoms with Gasteiger partial charge < -0.3 is 5.73 Å². The van der Waals surface area contributed by atoms with Crippen molar-refractivity contribution in [3.05, 3.63) is 70.8 Å². The van der Waals surface area contributed by atoms with Gasteiger partial charge >= 0.3 is 0 Å². The quantitative estimate of drug-likeness (QED) is 0.861. The topological polar surface area (TPSA) is 43.1 Å². The lowest BCUT2D eigenvalue weighted by molar-refractivity contribution is -0.117. The van der Waals surface area contributed by atoms with Crippen molar-refractivity contribution in [1.29, 1.82) is 0 Å². The summed E-state index contributed by atoms with van der Waals surface area (Å²) in [6, 6.07) is 16.3. The van der Waals surface area contributed by atoms with Crippen molar-refractivity contribution in [2.75, 3.05) is 0 Å². The number of amides is 1. The molecule has 2 N–H and O–H groups in total. The first kappa shape index (κ1) is 13.8. The van der Waals surface area contributed by atoms with Crippen LogP contribution < -0.4 is 5.73 Å². The lowest BCUT2D eigenvalue weighted by Crippen LogP contribution is -2.18. The number of halogens is 1. The third-order valence-electron chi connectivity index (χ3n) is 3.06. The van der Waals surface area contributed by atoms with Gasteiger partial charge in [-0.15, -0.1) is 0 Å².